The van der Waals surface area contributed by atoms with E-state index in [9.17, 15) is 14.7 Å². The van der Waals surface area contributed by atoms with Crippen LogP contribution in [0.5, 0.6) is 5.75 Å². The number of furan rings is 1. The third kappa shape index (κ3) is 4.96. The lowest BCUT2D eigenvalue weighted by Gasteiger charge is -2.26. The second kappa shape index (κ2) is 9.53. The van der Waals surface area contributed by atoms with Crippen LogP contribution in [-0.2, 0) is 0 Å². The summed E-state index contributed by atoms with van der Waals surface area (Å²) in [5.41, 5.74) is 1.11. The van der Waals surface area contributed by atoms with Crippen molar-refractivity contribution >= 4 is 23.4 Å². The standard InChI is InChI=1S/C22H27ClN2O5/c1-12(13-8-14(23)10-17(9-13)29-3)20-18(11-19(30-20)22(28)24-2)21(27)25-15-4-6-16(26)7-5-15/h8-12,15-16,26H,4-7H2,1-3H3,(H,24,28)(H,25,27)/t12?,15-,16-. The monoisotopic (exact) mass is 434 g/mol. The molecule has 3 rings (SSSR count). The summed E-state index contributed by atoms with van der Waals surface area (Å²) >= 11 is 6.21. The van der Waals surface area contributed by atoms with Crippen LogP contribution < -0.4 is 15.4 Å². The molecule has 30 heavy (non-hydrogen) atoms. The van der Waals surface area contributed by atoms with E-state index in [1.165, 1.54) is 13.1 Å². The molecule has 1 fully saturated rings. The van der Waals surface area contributed by atoms with Gasteiger partial charge in [-0.3, -0.25) is 9.59 Å². The van der Waals surface area contributed by atoms with E-state index in [0.29, 0.717) is 47.8 Å². The van der Waals surface area contributed by atoms with Gasteiger partial charge in [-0.05, 0) is 49.4 Å². The van der Waals surface area contributed by atoms with Gasteiger partial charge in [0.2, 0.25) is 0 Å². The molecule has 0 bridgehead atoms. The Morgan fingerprint density at radius 1 is 1.17 bits per heavy atom. The van der Waals surface area contributed by atoms with Crippen molar-refractivity contribution in [3.8, 4) is 5.75 Å². The van der Waals surface area contributed by atoms with Gasteiger partial charge in [0.05, 0.1) is 18.8 Å². The van der Waals surface area contributed by atoms with Gasteiger partial charge in [-0.15, -0.1) is 0 Å². The Bertz CT molecular complexity index is 918. The van der Waals surface area contributed by atoms with E-state index in [-0.39, 0.29) is 29.7 Å². The summed E-state index contributed by atoms with van der Waals surface area (Å²) in [7, 11) is 3.06. The normalized spacial score (nSPS) is 19.8. The van der Waals surface area contributed by atoms with Crippen LogP contribution in [0, 0.1) is 0 Å². The van der Waals surface area contributed by atoms with Crippen molar-refractivity contribution < 1.29 is 23.8 Å². The van der Waals surface area contributed by atoms with E-state index in [0.717, 1.165) is 5.56 Å². The topological polar surface area (TPSA) is 101 Å². The molecule has 1 aromatic carbocycles. The summed E-state index contributed by atoms with van der Waals surface area (Å²) in [6.45, 7) is 1.88. The smallest absolute Gasteiger partial charge is 0.286 e. The molecule has 0 radical (unpaired) electrons. The van der Waals surface area contributed by atoms with Crippen LogP contribution in [0.2, 0.25) is 5.02 Å². The van der Waals surface area contributed by atoms with Crippen LogP contribution in [-0.4, -0.2) is 43.2 Å². The van der Waals surface area contributed by atoms with Crippen LogP contribution in [0.3, 0.4) is 0 Å². The van der Waals surface area contributed by atoms with Gasteiger partial charge in [0, 0.05) is 30.1 Å². The van der Waals surface area contributed by atoms with E-state index in [1.54, 1.807) is 19.2 Å². The summed E-state index contributed by atoms with van der Waals surface area (Å²) in [6.07, 6.45) is 2.43. The fraction of sp³-hybridized carbons (Fsp3) is 0.455. The molecular weight excluding hydrogens is 408 g/mol. The summed E-state index contributed by atoms with van der Waals surface area (Å²) in [5, 5.41) is 15.7. The summed E-state index contributed by atoms with van der Waals surface area (Å²) < 4.78 is 11.1. The Morgan fingerprint density at radius 2 is 1.87 bits per heavy atom. The summed E-state index contributed by atoms with van der Waals surface area (Å²) in [4.78, 5) is 25.2. The molecule has 3 N–H and O–H groups in total. The Kier molecular flexibility index (Phi) is 7.05. The van der Waals surface area contributed by atoms with E-state index < -0.39 is 5.91 Å². The SMILES string of the molecule is CNC(=O)c1cc(C(=O)N[C@H]2CC[C@H](O)CC2)c(C(C)c2cc(Cl)cc(OC)c2)o1. The fourth-order valence-corrected chi connectivity index (χ4v) is 3.96. The molecule has 7 nitrogen and oxygen atoms in total. The average molecular weight is 435 g/mol. The lowest BCUT2D eigenvalue weighted by Crippen LogP contribution is -2.38. The van der Waals surface area contributed by atoms with Gasteiger partial charge in [-0.1, -0.05) is 18.5 Å². The predicted molar refractivity (Wildman–Crippen MR) is 113 cm³/mol. The molecule has 162 valence electrons. The molecule has 0 aliphatic heterocycles. The molecule has 2 aromatic rings. The number of amides is 2. The first kappa shape index (κ1) is 22.2. The quantitative estimate of drug-likeness (QED) is 0.646. The number of halogens is 1. The minimum atomic E-state index is -0.410. The lowest BCUT2D eigenvalue weighted by atomic mass is 9.92. The number of nitrogens with one attached hydrogen (secondary N) is 2. The van der Waals surface area contributed by atoms with Crippen molar-refractivity contribution in [2.75, 3.05) is 14.2 Å². The number of aliphatic hydroxyl groups excluding tert-OH is 1. The number of carbonyl (C=O) groups excluding carboxylic acids is 2. The van der Waals surface area contributed by atoms with Gasteiger partial charge in [-0.2, -0.15) is 0 Å². The third-order valence-corrected chi connectivity index (χ3v) is 5.73. The Morgan fingerprint density at radius 3 is 2.50 bits per heavy atom. The largest absolute Gasteiger partial charge is 0.497 e. The number of carbonyl (C=O) groups is 2. The van der Waals surface area contributed by atoms with Crippen LogP contribution in [0.1, 0.15) is 70.8 Å². The molecule has 1 unspecified atom stereocenters. The highest BCUT2D eigenvalue weighted by Crippen LogP contribution is 2.33. The molecule has 1 heterocycles. The maximum absolute atomic E-state index is 13.0. The third-order valence-electron chi connectivity index (χ3n) is 5.51. The van der Waals surface area contributed by atoms with Gasteiger partial charge < -0.3 is 24.9 Å². The first-order valence-corrected chi connectivity index (χ1v) is 10.4. The molecule has 0 spiro atoms. The maximum Gasteiger partial charge on any atom is 0.286 e. The van der Waals surface area contributed by atoms with Crippen LogP contribution in [0.4, 0.5) is 0 Å². The van der Waals surface area contributed by atoms with Crippen LogP contribution >= 0.6 is 11.6 Å². The molecule has 1 aliphatic rings. The molecule has 1 saturated carbocycles. The second-order valence-electron chi connectivity index (χ2n) is 7.59. The van der Waals surface area contributed by atoms with Crippen LogP contribution in [0.25, 0.3) is 0 Å². The Hall–Kier alpha value is -2.51. The van der Waals surface area contributed by atoms with Crippen molar-refractivity contribution in [3.05, 3.63) is 51.9 Å². The molecule has 1 atom stereocenters. The zero-order valence-electron chi connectivity index (χ0n) is 17.3. The summed E-state index contributed by atoms with van der Waals surface area (Å²) in [6, 6.07) is 6.75. The predicted octanol–water partition coefficient (Wildman–Crippen LogP) is 3.49. The lowest BCUT2D eigenvalue weighted by molar-refractivity contribution is 0.0864. The highest BCUT2D eigenvalue weighted by molar-refractivity contribution is 6.30. The highest BCUT2D eigenvalue weighted by atomic mass is 35.5. The maximum atomic E-state index is 13.0. The number of hydrogen-bond acceptors (Lipinski definition) is 5. The zero-order valence-corrected chi connectivity index (χ0v) is 18.1. The minimum Gasteiger partial charge on any atom is -0.497 e. The van der Waals surface area contributed by atoms with Crippen molar-refractivity contribution in [1.29, 1.82) is 0 Å². The average Bonchev–Trinajstić information content (AvgIpc) is 3.19. The molecular formula is C22H27ClN2O5. The molecule has 2 amide bonds. The van der Waals surface area contributed by atoms with Gasteiger partial charge in [0.1, 0.15) is 11.5 Å². The number of rotatable bonds is 6. The van der Waals surface area contributed by atoms with E-state index in [4.69, 9.17) is 20.8 Å². The minimum absolute atomic E-state index is 0.0197. The Labute approximate surface area is 180 Å². The van der Waals surface area contributed by atoms with Crippen LogP contribution in [0.15, 0.2) is 28.7 Å². The fourth-order valence-electron chi connectivity index (χ4n) is 3.73. The molecule has 1 aromatic heterocycles. The molecule has 1 aliphatic carbocycles. The number of methoxy groups -OCH3 is 1. The number of ether oxygens (including phenoxy) is 1. The van der Waals surface area contributed by atoms with Gasteiger partial charge in [0.15, 0.2) is 5.76 Å². The van der Waals surface area contributed by atoms with E-state index >= 15 is 0 Å². The van der Waals surface area contributed by atoms with Gasteiger partial charge in [0.25, 0.3) is 11.8 Å². The first-order valence-electron chi connectivity index (χ1n) is 10.0. The van der Waals surface area contributed by atoms with Gasteiger partial charge >= 0.3 is 0 Å². The van der Waals surface area contributed by atoms with Crippen molar-refractivity contribution in [2.45, 2.75) is 50.7 Å². The van der Waals surface area contributed by atoms with Crippen molar-refractivity contribution in [2.24, 2.45) is 0 Å². The Balaban J connectivity index is 1.92. The molecule has 0 saturated heterocycles. The number of hydrogen-bond donors (Lipinski definition) is 3. The zero-order chi connectivity index (χ0) is 21.8. The highest BCUT2D eigenvalue weighted by Gasteiger charge is 2.28. The van der Waals surface area contributed by atoms with Gasteiger partial charge in [-0.25, -0.2) is 0 Å². The second-order valence-corrected chi connectivity index (χ2v) is 8.03. The van der Waals surface area contributed by atoms with E-state index in [1.807, 2.05) is 13.0 Å². The summed E-state index contributed by atoms with van der Waals surface area (Å²) in [5.74, 6) is -0.0129. The molecule has 8 heteroatoms. The first-order chi connectivity index (χ1) is 14.3. The van der Waals surface area contributed by atoms with E-state index in [2.05, 4.69) is 10.6 Å². The van der Waals surface area contributed by atoms with Crippen molar-refractivity contribution in [1.82, 2.24) is 10.6 Å². The number of aliphatic hydroxyl groups is 1. The van der Waals surface area contributed by atoms with Crippen molar-refractivity contribution in [3.63, 3.8) is 0 Å². The number of benzene rings is 1.